The van der Waals surface area contributed by atoms with Crippen LogP contribution in [0.25, 0.3) is 11.2 Å². The van der Waals surface area contributed by atoms with Crippen LogP contribution in [0.4, 0.5) is 11.8 Å². The lowest BCUT2D eigenvalue weighted by Gasteiger charge is -2.30. The maximum atomic E-state index is 10.4. The topological polar surface area (TPSA) is 152 Å². The Morgan fingerprint density at radius 1 is 1.20 bits per heavy atom. The number of nitrogens with zero attached hydrogens (tertiary/aromatic N) is 5. The minimum atomic E-state index is -1.24. The summed E-state index contributed by atoms with van der Waals surface area (Å²) in [7, 11) is 0. The molecule has 0 radical (unpaired) electrons. The van der Waals surface area contributed by atoms with Crippen LogP contribution in [0, 0.1) is 0 Å². The van der Waals surface area contributed by atoms with Crippen molar-refractivity contribution in [3.63, 3.8) is 0 Å². The largest absolute Gasteiger partial charge is 0.394 e. The molecular weight excluding hydrogens is 332 g/mol. The van der Waals surface area contributed by atoms with E-state index >= 15 is 0 Å². The molecule has 2 aliphatic heterocycles. The Kier molecular flexibility index (Phi) is 4.17. The normalized spacial score (nSPS) is 30.3. The van der Waals surface area contributed by atoms with Gasteiger partial charge in [0, 0.05) is 13.1 Å². The number of aliphatic hydroxyl groups is 3. The van der Waals surface area contributed by atoms with Gasteiger partial charge in [-0.2, -0.15) is 0 Å². The summed E-state index contributed by atoms with van der Waals surface area (Å²) in [6.45, 7) is 1.88. The van der Waals surface area contributed by atoms with Crippen LogP contribution in [0.1, 0.15) is 6.23 Å². The van der Waals surface area contributed by atoms with Gasteiger partial charge in [0.1, 0.15) is 24.6 Å². The molecule has 2 aromatic heterocycles. The summed E-state index contributed by atoms with van der Waals surface area (Å²) in [6, 6.07) is 0. The number of aromatic nitrogens is 4. The van der Waals surface area contributed by atoms with Gasteiger partial charge in [0.2, 0.25) is 5.95 Å². The number of morpholine rings is 1. The third-order valence-electron chi connectivity index (χ3n) is 4.55. The number of anilines is 2. The summed E-state index contributed by atoms with van der Waals surface area (Å²) in [5.41, 5.74) is 6.70. The van der Waals surface area contributed by atoms with Crippen molar-refractivity contribution in [2.75, 3.05) is 43.5 Å². The first-order valence-electron chi connectivity index (χ1n) is 8.05. The van der Waals surface area contributed by atoms with Crippen LogP contribution in [-0.2, 0) is 9.47 Å². The molecule has 2 aliphatic rings. The molecule has 0 spiro atoms. The van der Waals surface area contributed by atoms with Crippen LogP contribution >= 0.6 is 0 Å². The molecule has 2 fully saturated rings. The fourth-order valence-corrected chi connectivity index (χ4v) is 3.23. The van der Waals surface area contributed by atoms with Crippen molar-refractivity contribution >= 4 is 22.9 Å². The number of nitrogens with two attached hydrogens (primary N) is 1. The first-order valence-corrected chi connectivity index (χ1v) is 8.05. The second-order valence-electron chi connectivity index (χ2n) is 6.04. The molecule has 2 unspecified atom stereocenters. The second-order valence-corrected chi connectivity index (χ2v) is 6.04. The molecule has 4 rings (SSSR count). The van der Waals surface area contributed by atoms with E-state index in [1.165, 1.54) is 6.33 Å². The van der Waals surface area contributed by atoms with E-state index in [9.17, 15) is 15.3 Å². The Bertz CT molecular complexity index is 763. The minimum absolute atomic E-state index is 0.213. The van der Waals surface area contributed by atoms with Gasteiger partial charge in [-0.25, -0.2) is 15.0 Å². The number of aliphatic hydroxyl groups excluding tert-OH is 3. The van der Waals surface area contributed by atoms with Crippen LogP contribution in [0.2, 0.25) is 0 Å². The predicted octanol–water partition coefficient (Wildman–Crippen LogP) is -2.14. The molecule has 136 valence electrons. The smallest absolute Gasteiger partial charge is 0.210 e. The van der Waals surface area contributed by atoms with E-state index in [0.717, 1.165) is 0 Å². The lowest BCUT2D eigenvalue weighted by molar-refractivity contribution is -0.0506. The van der Waals surface area contributed by atoms with Crippen molar-refractivity contribution in [3.05, 3.63) is 6.33 Å². The first kappa shape index (κ1) is 16.4. The number of hydrogen-bond donors (Lipinski definition) is 4. The maximum Gasteiger partial charge on any atom is 0.210 e. The van der Waals surface area contributed by atoms with E-state index in [0.29, 0.717) is 43.4 Å². The molecule has 2 aromatic rings. The number of imidazole rings is 1. The van der Waals surface area contributed by atoms with Crippen molar-refractivity contribution < 1.29 is 24.8 Å². The van der Waals surface area contributed by atoms with Crippen molar-refractivity contribution in [3.8, 4) is 0 Å². The van der Waals surface area contributed by atoms with Crippen LogP contribution < -0.4 is 10.6 Å². The minimum Gasteiger partial charge on any atom is -0.394 e. The fraction of sp³-hybridized carbons (Fsp3) is 0.643. The van der Waals surface area contributed by atoms with Gasteiger partial charge in [-0.05, 0) is 0 Å². The fourth-order valence-electron chi connectivity index (χ4n) is 3.23. The molecule has 0 aromatic carbocycles. The Morgan fingerprint density at radius 2 is 1.96 bits per heavy atom. The lowest BCUT2D eigenvalue weighted by Crippen LogP contribution is -2.39. The Morgan fingerprint density at radius 3 is 2.64 bits per heavy atom. The van der Waals surface area contributed by atoms with Gasteiger partial charge in [-0.1, -0.05) is 0 Å². The number of rotatable bonds is 3. The highest BCUT2D eigenvalue weighted by Gasteiger charge is 2.45. The number of nitrogen functional groups attached to an aromatic ring is 1. The molecule has 25 heavy (non-hydrogen) atoms. The highest BCUT2D eigenvalue weighted by molar-refractivity contribution is 5.84. The monoisotopic (exact) mass is 352 g/mol. The molecule has 2 saturated heterocycles. The average Bonchev–Trinajstić information content (AvgIpc) is 3.15. The Labute approximate surface area is 142 Å². The van der Waals surface area contributed by atoms with Crippen LogP contribution in [-0.4, -0.2) is 86.1 Å². The van der Waals surface area contributed by atoms with E-state index in [-0.39, 0.29) is 5.82 Å². The molecule has 4 heterocycles. The zero-order chi connectivity index (χ0) is 17.6. The number of ether oxygens (including phenoxy) is 2. The molecule has 0 saturated carbocycles. The maximum absolute atomic E-state index is 10.4. The summed E-state index contributed by atoms with van der Waals surface area (Å²) in [5, 5.41) is 29.9. The van der Waals surface area contributed by atoms with Crippen LogP contribution in [0.15, 0.2) is 6.33 Å². The number of hydrogen-bond acceptors (Lipinski definition) is 10. The molecule has 0 aliphatic carbocycles. The van der Waals surface area contributed by atoms with E-state index in [1.807, 2.05) is 4.90 Å². The van der Waals surface area contributed by atoms with E-state index < -0.39 is 31.1 Å². The number of fused-ring (bicyclic) bond motifs is 1. The molecule has 4 atom stereocenters. The van der Waals surface area contributed by atoms with E-state index in [4.69, 9.17) is 15.2 Å². The Balaban J connectivity index is 1.84. The van der Waals surface area contributed by atoms with E-state index in [1.54, 1.807) is 4.57 Å². The SMILES string of the molecule is Nc1ncnc2c1nc(N1CCOCC1)n2[C@@H]1O[C@H](CO)C(O)C1O. The van der Waals surface area contributed by atoms with E-state index in [2.05, 4.69) is 15.0 Å². The van der Waals surface area contributed by atoms with Gasteiger partial charge in [-0.3, -0.25) is 4.57 Å². The summed E-state index contributed by atoms with van der Waals surface area (Å²) >= 11 is 0. The molecule has 11 heteroatoms. The highest BCUT2D eigenvalue weighted by atomic mass is 16.6. The zero-order valence-corrected chi connectivity index (χ0v) is 13.4. The molecule has 11 nitrogen and oxygen atoms in total. The summed E-state index contributed by atoms with van der Waals surface area (Å²) in [4.78, 5) is 14.7. The summed E-state index contributed by atoms with van der Waals surface area (Å²) in [5.74, 6) is 0.713. The molecule has 0 amide bonds. The zero-order valence-electron chi connectivity index (χ0n) is 13.4. The van der Waals surface area contributed by atoms with Crippen molar-refractivity contribution in [1.29, 1.82) is 0 Å². The third-order valence-corrected chi connectivity index (χ3v) is 4.55. The van der Waals surface area contributed by atoms with Gasteiger partial charge >= 0.3 is 0 Å². The van der Waals surface area contributed by atoms with Gasteiger partial charge in [0.05, 0.1) is 19.8 Å². The second kappa shape index (κ2) is 6.35. The van der Waals surface area contributed by atoms with Crippen LogP contribution in [0.5, 0.6) is 0 Å². The standard InChI is InChI=1S/C14H20N6O5/c15-11-8-12(17-6-16-11)20(13-10(23)9(22)7(5-21)25-13)14(18-8)19-1-3-24-4-2-19/h6-7,9-10,13,21-23H,1-5H2,(H2,15,16,17)/t7-,9?,10?,13-/m1/s1. The average molecular weight is 352 g/mol. The third kappa shape index (κ3) is 2.60. The quantitative estimate of drug-likeness (QED) is 0.481. The molecular formula is C14H20N6O5. The van der Waals surface area contributed by atoms with Crippen molar-refractivity contribution in [1.82, 2.24) is 19.5 Å². The van der Waals surface area contributed by atoms with Crippen molar-refractivity contribution in [2.24, 2.45) is 0 Å². The van der Waals surface area contributed by atoms with Gasteiger partial charge in [-0.15, -0.1) is 0 Å². The molecule has 0 bridgehead atoms. The summed E-state index contributed by atoms with van der Waals surface area (Å²) < 4.78 is 12.6. The van der Waals surface area contributed by atoms with Crippen molar-refractivity contribution in [2.45, 2.75) is 24.5 Å². The molecule has 5 N–H and O–H groups in total. The Hall–Kier alpha value is -2.05. The van der Waals surface area contributed by atoms with Crippen LogP contribution in [0.3, 0.4) is 0 Å². The summed E-state index contributed by atoms with van der Waals surface area (Å²) in [6.07, 6.45) is -3.01. The predicted molar refractivity (Wildman–Crippen MR) is 85.8 cm³/mol. The van der Waals surface area contributed by atoms with Gasteiger partial charge < -0.3 is 35.4 Å². The van der Waals surface area contributed by atoms with Gasteiger partial charge in [0.15, 0.2) is 23.2 Å². The van der Waals surface area contributed by atoms with Gasteiger partial charge in [0.25, 0.3) is 0 Å². The lowest BCUT2D eigenvalue weighted by atomic mass is 10.1. The highest BCUT2D eigenvalue weighted by Crippen LogP contribution is 2.36. The first-order chi connectivity index (χ1) is 12.1.